The van der Waals surface area contributed by atoms with Crippen LogP contribution in [0.15, 0.2) is 0 Å². The summed E-state index contributed by atoms with van der Waals surface area (Å²) in [6.45, 7) is 10.2. The van der Waals surface area contributed by atoms with Gasteiger partial charge < -0.3 is 15.7 Å². The van der Waals surface area contributed by atoms with Crippen molar-refractivity contribution < 1.29 is 5.11 Å². The second kappa shape index (κ2) is 5.93. The molecule has 3 N–H and O–H groups in total. The highest BCUT2D eigenvalue weighted by Gasteiger charge is 2.30. The summed E-state index contributed by atoms with van der Waals surface area (Å²) in [5, 5.41) is 16.7. The summed E-state index contributed by atoms with van der Waals surface area (Å²) < 4.78 is 0. The molecular formula is C11H24N4O. The zero-order valence-electron chi connectivity index (χ0n) is 10.2. The zero-order valence-corrected chi connectivity index (χ0v) is 10.2. The van der Waals surface area contributed by atoms with Gasteiger partial charge in [-0.05, 0) is 6.92 Å². The number of nitrogens with one attached hydrogen (secondary N) is 2. The number of aliphatic hydroxyl groups excluding tert-OH is 1. The Labute approximate surface area is 97.8 Å². The molecule has 1 atom stereocenters. The molecule has 0 amide bonds. The highest BCUT2D eigenvalue weighted by atomic mass is 16.3. The van der Waals surface area contributed by atoms with E-state index in [1.807, 2.05) is 6.92 Å². The van der Waals surface area contributed by atoms with E-state index >= 15 is 0 Å². The minimum atomic E-state index is -0.281. The van der Waals surface area contributed by atoms with Crippen molar-refractivity contribution in [3.8, 4) is 0 Å². The van der Waals surface area contributed by atoms with Crippen molar-refractivity contribution in [3.05, 3.63) is 0 Å². The van der Waals surface area contributed by atoms with E-state index in [0.29, 0.717) is 0 Å². The van der Waals surface area contributed by atoms with Crippen LogP contribution >= 0.6 is 0 Å². The number of nitrogens with zero attached hydrogens (tertiary/aromatic N) is 2. The Balaban J connectivity index is 1.96. The van der Waals surface area contributed by atoms with E-state index in [1.54, 1.807) is 0 Å². The lowest BCUT2D eigenvalue weighted by atomic mass is 10.2. The maximum atomic E-state index is 9.99. The SMILES string of the molecule is CC(O)C(N1CCNCC1)N1CCNCC1. The van der Waals surface area contributed by atoms with E-state index in [-0.39, 0.29) is 12.3 Å². The molecule has 2 aliphatic rings. The Kier molecular flexibility index (Phi) is 4.55. The molecule has 0 spiro atoms. The summed E-state index contributed by atoms with van der Waals surface area (Å²) in [4.78, 5) is 4.82. The normalized spacial score (nSPS) is 27.2. The van der Waals surface area contributed by atoms with Crippen LogP contribution in [0, 0.1) is 0 Å². The Morgan fingerprint density at radius 2 is 1.25 bits per heavy atom. The molecule has 0 aromatic rings. The molecule has 5 heteroatoms. The molecule has 94 valence electrons. The van der Waals surface area contributed by atoms with E-state index in [9.17, 15) is 5.11 Å². The van der Waals surface area contributed by atoms with Crippen molar-refractivity contribution in [2.75, 3.05) is 52.4 Å². The maximum absolute atomic E-state index is 9.99. The molecule has 0 radical (unpaired) electrons. The van der Waals surface area contributed by atoms with Crippen molar-refractivity contribution >= 4 is 0 Å². The Bertz CT molecular complexity index is 182. The van der Waals surface area contributed by atoms with Crippen molar-refractivity contribution in [2.24, 2.45) is 0 Å². The fourth-order valence-electron chi connectivity index (χ4n) is 2.73. The number of hydrogen-bond acceptors (Lipinski definition) is 5. The number of rotatable bonds is 3. The molecule has 2 heterocycles. The minimum absolute atomic E-state index is 0.198. The predicted molar refractivity (Wildman–Crippen MR) is 64.4 cm³/mol. The molecule has 2 aliphatic heterocycles. The average Bonchev–Trinajstić information content (AvgIpc) is 2.31. The van der Waals surface area contributed by atoms with Gasteiger partial charge in [0.2, 0.25) is 0 Å². The monoisotopic (exact) mass is 228 g/mol. The van der Waals surface area contributed by atoms with Gasteiger partial charge in [0.15, 0.2) is 0 Å². The number of aliphatic hydroxyl groups is 1. The summed E-state index contributed by atoms with van der Waals surface area (Å²) in [5.74, 6) is 0. The van der Waals surface area contributed by atoms with Crippen molar-refractivity contribution in [1.82, 2.24) is 20.4 Å². The molecule has 2 saturated heterocycles. The first-order chi connectivity index (χ1) is 7.79. The number of piperazine rings is 2. The maximum Gasteiger partial charge on any atom is 0.0889 e. The summed E-state index contributed by atoms with van der Waals surface area (Å²) >= 11 is 0. The second-order valence-electron chi connectivity index (χ2n) is 4.73. The smallest absolute Gasteiger partial charge is 0.0889 e. The first-order valence-electron chi connectivity index (χ1n) is 6.36. The second-order valence-corrected chi connectivity index (χ2v) is 4.73. The van der Waals surface area contributed by atoms with E-state index in [4.69, 9.17) is 0 Å². The van der Waals surface area contributed by atoms with Crippen molar-refractivity contribution in [3.63, 3.8) is 0 Å². The molecule has 0 aromatic carbocycles. The van der Waals surface area contributed by atoms with Gasteiger partial charge in [-0.3, -0.25) is 9.80 Å². The lowest BCUT2D eigenvalue weighted by Crippen LogP contribution is -2.62. The van der Waals surface area contributed by atoms with Gasteiger partial charge in [0.05, 0.1) is 12.3 Å². The van der Waals surface area contributed by atoms with E-state index < -0.39 is 0 Å². The third-order valence-electron chi connectivity index (χ3n) is 3.48. The van der Waals surface area contributed by atoms with Crippen LogP contribution in [0.4, 0.5) is 0 Å². The van der Waals surface area contributed by atoms with Gasteiger partial charge in [0, 0.05) is 52.4 Å². The van der Waals surface area contributed by atoms with Crippen LogP contribution in [0.1, 0.15) is 6.92 Å². The van der Waals surface area contributed by atoms with E-state index in [1.165, 1.54) is 0 Å². The molecular weight excluding hydrogens is 204 g/mol. The third kappa shape index (κ3) is 2.93. The summed E-state index contributed by atoms with van der Waals surface area (Å²) in [7, 11) is 0. The Hall–Kier alpha value is -0.200. The van der Waals surface area contributed by atoms with Gasteiger partial charge in [-0.1, -0.05) is 0 Å². The zero-order chi connectivity index (χ0) is 11.4. The highest BCUT2D eigenvalue weighted by molar-refractivity contribution is 4.83. The Morgan fingerprint density at radius 3 is 1.56 bits per heavy atom. The molecule has 16 heavy (non-hydrogen) atoms. The average molecular weight is 228 g/mol. The van der Waals surface area contributed by atoms with Gasteiger partial charge in [-0.2, -0.15) is 0 Å². The number of hydrogen-bond donors (Lipinski definition) is 3. The van der Waals surface area contributed by atoms with Crippen LogP contribution in [-0.4, -0.2) is 79.5 Å². The van der Waals surface area contributed by atoms with Crippen LogP contribution in [0.2, 0.25) is 0 Å². The highest BCUT2D eigenvalue weighted by Crippen LogP contribution is 2.12. The van der Waals surface area contributed by atoms with Crippen LogP contribution in [0.3, 0.4) is 0 Å². The fourth-order valence-corrected chi connectivity index (χ4v) is 2.73. The van der Waals surface area contributed by atoms with Gasteiger partial charge in [0.1, 0.15) is 0 Å². The van der Waals surface area contributed by atoms with Gasteiger partial charge in [-0.15, -0.1) is 0 Å². The van der Waals surface area contributed by atoms with Gasteiger partial charge in [-0.25, -0.2) is 0 Å². The fraction of sp³-hybridized carbons (Fsp3) is 1.00. The van der Waals surface area contributed by atoms with Crippen LogP contribution in [0.5, 0.6) is 0 Å². The van der Waals surface area contributed by atoms with Crippen molar-refractivity contribution in [1.29, 1.82) is 0 Å². The summed E-state index contributed by atoms with van der Waals surface area (Å²) in [5.41, 5.74) is 0. The van der Waals surface area contributed by atoms with Crippen LogP contribution < -0.4 is 10.6 Å². The van der Waals surface area contributed by atoms with E-state index in [2.05, 4.69) is 20.4 Å². The Morgan fingerprint density at radius 1 is 0.875 bits per heavy atom. The molecule has 0 aliphatic carbocycles. The van der Waals surface area contributed by atoms with Gasteiger partial charge in [0.25, 0.3) is 0 Å². The molecule has 2 fully saturated rings. The predicted octanol–water partition coefficient (Wildman–Crippen LogP) is -1.50. The third-order valence-corrected chi connectivity index (χ3v) is 3.48. The topological polar surface area (TPSA) is 50.8 Å². The van der Waals surface area contributed by atoms with E-state index in [0.717, 1.165) is 52.4 Å². The first-order valence-corrected chi connectivity index (χ1v) is 6.36. The van der Waals surface area contributed by atoms with Crippen LogP contribution in [-0.2, 0) is 0 Å². The molecule has 0 saturated carbocycles. The molecule has 2 rings (SSSR count). The van der Waals surface area contributed by atoms with Crippen LogP contribution in [0.25, 0.3) is 0 Å². The lowest BCUT2D eigenvalue weighted by molar-refractivity contribution is -0.0489. The molecule has 0 aromatic heterocycles. The summed E-state index contributed by atoms with van der Waals surface area (Å²) in [6.07, 6.45) is -0.0830. The first kappa shape index (κ1) is 12.3. The lowest BCUT2D eigenvalue weighted by Gasteiger charge is -2.44. The van der Waals surface area contributed by atoms with Gasteiger partial charge >= 0.3 is 0 Å². The molecule has 1 unspecified atom stereocenters. The minimum Gasteiger partial charge on any atom is -0.390 e. The molecule has 5 nitrogen and oxygen atoms in total. The molecule has 0 bridgehead atoms. The standard InChI is InChI=1S/C11H24N4O/c1-10(16)11(14-6-2-12-3-7-14)15-8-4-13-5-9-15/h10-13,16H,2-9H2,1H3. The van der Waals surface area contributed by atoms with Crippen molar-refractivity contribution in [2.45, 2.75) is 19.2 Å². The quantitative estimate of drug-likeness (QED) is 0.549. The summed E-state index contributed by atoms with van der Waals surface area (Å²) in [6, 6.07) is 0. The largest absolute Gasteiger partial charge is 0.390 e.